The molecule has 0 unspecified atom stereocenters. The smallest absolute Gasteiger partial charge is 0.192 e. The first kappa shape index (κ1) is 22.1. The Labute approximate surface area is 197 Å². The summed E-state index contributed by atoms with van der Waals surface area (Å²) >= 11 is 0. The monoisotopic (exact) mass is 461 g/mol. The largest absolute Gasteiger partial charge is 0.482 e. The summed E-state index contributed by atoms with van der Waals surface area (Å²) < 4.78 is 26.6. The molecular weight excluding hydrogens is 433 g/mol. The molecule has 1 fully saturated rings. The van der Waals surface area contributed by atoms with Crippen LogP contribution < -0.4 is 16.2 Å². The standard InChI is InChI=1S/C26H28FN5O2/c1-13(28)20-10-22-25(34-15(3)32-22)19-7-6-18(27)9-21(19)14(2)33-23-8-17(12-31-26(23)29)24(20)30-11-16-4-5-16/h6-9,12,14,16H,4-5,10-11,28H2,1-3H3,(H2,29,31)/t14-/m1/s1. The Morgan fingerprint density at radius 2 is 2.06 bits per heavy atom. The number of allylic oxidation sites excluding steroid dienone is 2. The van der Waals surface area contributed by atoms with Gasteiger partial charge in [-0.05, 0) is 56.9 Å². The van der Waals surface area contributed by atoms with Gasteiger partial charge in [0.15, 0.2) is 23.2 Å². The minimum absolute atomic E-state index is 0.248. The number of aliphatic imine (C=N–C) groups is 1. The number of benzene rings is 1. The summed E-state index contributed by atoms with van der Waals surface area (Å²) in [6, 6.07) is 6.39. The van der Waals surface area contributed by atoms with Gasteiger partial charge in [0.2, 0.25) is 0 Å². The van der Waals surface area contributed by atoms with Crippen molar-refractivity contribution in [2.45, 2.75) is 46.1 Å². The second-order valence-electron chi connectivity index (χ2n) is 9.08. The van der Waals surface area contributed by atoms with Crippen LogP contribution in [0.25, 0.3) is 11.3 Å². The lowest BCUT2D eigenvalue weighted by molar-refractivity contribution is 0.227. The van der Waals surface area contributed by atoms with Crippen LogP contribution in [0.1, 0.15) is 55.5 Å². The molecule has 0 spiro atoms. The second kappa shape index (κ2) is 8.59. The van der Waals surface area contributed by atoms with Gasteiger partial charge in [-0.3, -0.25) is 4.99 Å². The van der Waals surface area contributed by atoms with Crippen molar-refractivity contribution in [3.63, 3.8) is 0 Å². The molecule has 7 nitrogen and oxygen atoms in total. The lowest BCUT2D eigenvalue weighted by atomic mass is 9.93. The van der Waals surface area contributed by atoms with Gasteiger partial charge in [0, 0.05) is 54.0 Å². The number of pyridine rings is 1. The minimum atomic E-state index is -0.527. The second-order valence-corrected chi connectivity index (χ2v) is 9.08. The Kier molecular flexibility index (Phi) is 5.59. The molecule has 1 aliphatic carbocycles. The first-order chi connectivity index (χ1) is 16.3. The van der Waals surface area contributed by atoms with Crippen molar-refractivity contribution in [1.82, 2.24) is 9.97 Å². The van der Waals surface area contributed by atoms with Crippen molar-refractivity contribution in [3.8, 4) is 17.1 Å². The zero-order chi connectivity index (χ0) is 24.0. The first-order valence-electron chi connectivity index (χ1n) is 11.5. The van der Waals surface area contributed by atoms with Crippen LogP contribution in [0.15, 0.2) is 51.1 Å². The van der Waals surface area contributed by atoms with Crippen molar-refractivity contribution in [2.24, 2.45) is 16.6 Å². The fourth-order valence-electron chi connectivity index (χ4n) is 4.27. The minimum Gasteiger partial charge on any atom is -0.482 e. The summed E-state index contributed by atoms with van der Waals surface area (Å²) in [6.45, 7) is 6.21. The highest BCUT2D eigenvalue weighted by Gasteiger charge is 2.27. The van der Waals surface area contributed by atoms with Crippen molar-refractivity contribution in [3.05, 3.63) is 70.3 Å². The van der Waals surface area contributed by atoms with E-state index in [2.05, 4.69) is 9.97 Å². The van der Waals surface area contributed by atoms with E-state index in [0.29, 0.717) is 52.3 Å². The van der Waals surface area contributed by atoms with Crippen LogP contribution in [0.4, 0.5) is 10.2 Å². The Bertz CT molecular complexity index is 1320. The Balaban J connectivity index is 1.76. The number of hydrogen-bond acceptors (Lipinski definition) is 7. The molecule has 3 aromatic rings. The van der Waals surface area contributed by atoms with Gasteiger partial charge in [-0.2, -0.15) is 0 Å². The van der Waals surface area contributed by atoms with Crippen LogP contribution in [0, 0.1) is 18.7 Å². The third-order valence-electron chi connectivity index (χ3n) is 6.27. The fourth-order valence-corrected chi connectivity index (χ4v) is 4.27. The highest BCUT2D eigenvalue weighted by atomic mass is 19.1. The Morgan fingerprint density at radius 3 is 2.79 bits per heavy atom. The summed E-state index contributed by atoms with van der Waals surface area (Å²) in [4.78, 5) is 14.0. The number of anilines is 1. The van der Waals surface area contributed by atoms with E-state index in [-0.39, 0.29) is 11.6 Å². The molecule has 2 aliphatic rings. The molecule has 0 radical (unpaired) electrons. The highest BCUT2D eigenvalue weighted by Crippen LogP contribution is 2.38. The summed E-state index contributed by atoms with van der Waals surface area (Å²) in [6.07, 6.45) is 3.94. The Hall–Kier alpha value is -3.68. The van der Waals surface area contributed by atoms with Gasteiger partial charge in [-0.1, -0.05) is 0 Å². The summed E-state index contributed by atoms with van der Waals surface area (Å²) in [7, 11) is 0. The van der Waals surface area contributed by atoms with Crippen molar-refractivity contribution in [2.75, 3.05) is 12.3 Å². The van der Waals surface area contributed by atoms with Crippen molar-refractivity contribution in [1.29, 1.82) is 0 Å². The molecular formula is C26H28FN5O2. The lowest BCUT2D eigenvalue weighted by Crippen LogP contribution is -2.17. The van der Waals surface area contributed by atoms with Gasteiger partial charge >= 0.3 is 0 Å². The fraction of sp³-hybridized carbons (Fsp3) is 0.346. The number of nitrogen functional groups attached to an aromatic ring is 1. The number of aromatic nitrogens is 2. The molecule has 0 amide bonds. The molecule has 1 atom stereocenters. The molecule has 1 aromatic carbocycles. The van der Waals surface area contributed by atoms with Crippen LogP contribution in [0.3, 0.4) is 0 Å². The molecule has 5 rings (SSSR count). The lowest BCUT2D eigenvalue weighted by Gasteiger charge is -2.21. The molecule has 34 heavy (non-hydrogen) atoms. The first-order valence-corrected chi connectivity index (χ1v) is 11.5. The molecule has 1 saturated carbocycles. The van der Waals surface area contributed by atoms with Crippen LogP contribution in [-0.4, -0.2) is 22.2 Å². The number of fused-ring (bicyclic) bond motifs is 5. The third kappa shape index (κ3) is 4.27. The van der Waals surface area contributed by atoms with E-state index in [0.717, 1.165) is 23.4 Å². The molecule has 1 aliphatic heterocycles. The summed E-state index contributed by atoms with van der Waals surface area (Å²) in [5, 5.41) is 0. The van der Waals surface area contributed by atoms with E-state index < -0.39 is 6.10 Å². The average Bonchev–Trinajstić information content (AvgIpc) is 3.55. The van der Waals surface area contributed by atoms with E-state index in [1.807, 2.05) is 19.9 Å². The van der Waals surface area contributed by atoms with Gasteiger partial charge in [-0.25, -0.2) is 14.4 Å². The van der Waals surface area contributed by atoms with Crippen LogP contribution in [0.5, 0.6) is 5.75 Å². The van der Waals surface area contributed by atoms with Gasteiger partial charge in [0.25, 0.3) is 0 Å². The maximum Gasteiger partial charge on any atom is 0.192 e. The number of nitrogens with zero attached hydrogens (tertiary/aromatic N) is 3. The van der Waals surface area contributed by atoms with Crippen molar-refractivity contribution < 1.29 is 13.5 Å². The molecule has 2 bridgehead atoms. The predicted molar refractivity (Wildman–Crippen MR) is 129 cm³/mol. The third-order valence-corrected chi connectivity index (χ3v) is 6.27. The van der Waals surface area contributed by atoms with Crippen LogP contribution in [0.2, 0.25) is 0 Å². The Morgan fingerprint density at radius 1 is 1.26 bits per heavy atom. The normalized spacial score (nSPS) is 20.6. The van der Waals surface area contributed by atoms with E-state index in [1.165, 1.54) is 25.0 Å². The van der Waals surface area contributed by atoms with Gasteiger partial charge < -0.3 is 20.6 Å². The average molecular weight is 462 g/mol. The molecule has 8 heteroatoms. The molecule has 4 N–H and O–H groups in total. The number of halogens is 1. The van der Waals surface area contributed by atoms with Crippen LogP contribution in [-0.2, 0) is 6.42 Å². The maximum absolute atomic E-state index is 14.3. The molecule has 176 valence electrons. The quantitative estimate of drug-likeness (QED) is 0.562. The van der Waals surface area contributed by atoms with Gasteiger partial charge in [0.05, 0.1) is 11.4 Å². The summed E-state index contributed by atoms with van der Waals surface area (Å²) in [5.41, 5.74) is 17.6. The SMILES string of the molecule is CC(N)=C1Cc2nc(C)oc2-c2ccc(F)cc2[C@@H](C)Oc2cc(cnc2N)C1=NCC1CC1. The van der Waals surface area contributed by atoms with E-state index >= 15 is 0 Å². The zero-order valence-corrected chi connectivity index (χ0v) is 19.6. The highest BCUT2D eigenvalue weighted by molar-refractivity contribution is 6.13. The van der Waals surface area contributed by atoms with E-state index in [9.17, 15) is 4.39 Å². The summed E-state index contributed by atoms with van der Waals surface area (Å²) in [5.74, 6) is 1.96. The predicted octanol–water partition coefficient (Wildman–Crippen LogP) is 4.89. The van der Waals surface area contributed by atoms with E-state index in [4.69, 9.17) is 25.6 Å². The zero-order valence-electron chi connectivity index (χ0n) is 19.6. The number of ether oxygens (including phenoxy) is 1. The topological polar surface area (TPSA) is 113 Å². The van der Waals surface area contributed by atoms with Crippen LogP contribution >= 0.6 is 0 Å². The molecule has 3 heterocycles. The molecule has 0 saturated heterocycles. The molecule has 2 aromatic heterocycles. The van der Waals surface area contributed by atoms with Gasteiger partial charge in [0.1, 0.15) is 11.9 Å². The van der Waals surface area contributed by atoms with Crippen molar-refractivity contribution >= 4 is 11.5 Å². The van der Waals surface area contributed by atoms with E-state index in [1.54, 1.807) is 19.2 Å². The maximum atomic E-state index is 14.3. The number of aryl methyl sites for hydroxylation is 1. The number of oxazole rings is 1. The number of hydrogen-bond donors (Lipinski definition) is 2. The number of rotatable bonds is 2. The number of nitrogens with two attached hydrogens (primary N) is 2. The van der Waals surface area contributed by atoms with Gasteiger partial charge in [-0.15, -0.1) is 0 Å².